The van der Waals surface area contributed by atoms with E-state index in [9.17, 15) is 19.8 Å². The fraction of sp³-hybridized carbons (Fsp3) is 0.407. The highest BCUT2D eigenvalue weighted by atomic mass is 35.5. The number of H-pyrrole nitrogens is 1. The van der Waals surface area contributed by atoms with E-state index in [2.05, 4.69) is 9.88 Å². The van der Waals surface area contributed by atoms with Crippen molar-refractivity contribution in [3.63, 3.8) is 0 Å². The number of benzene rings is 2. The number of halogens is 1. The van der Waals surface area contributed by atoms with Gasteiger partial charge in [-0.3, -0.25) is 14.6 Å². The Morgan fingerprint density at radius 2 is 2.00 bits per heavy atom. The number of carbonyl (C=O) groups is 2. The number of aliphatic hydroxyl groups is 1. The van der Waals surface area contributed by atoms with Crippen LogP contribution in [0.25, 0.3) is 10.9 Å². The number of hydrogen-bond donors (Lipinski definition) is 3. The summed E-state index contributed by atoms with van der Waals surface area (Å²) >= 11 is 6.32. The molecule has 5 rings (SSSR count). The van der Waals surface area contributed by atoms with Gasteiger partial charge in [0.05, 0.1) is 6.61 Å². The molecule has 190 valence electrons. The molecule has 0 bridgehead atoms. The molecule has 2 aromatic carbocycles. The largest absolute Gasteiger partial charge is 0.508 e. The van der Waals surface area contributed by atoms with Crippen LogP contribution >= 0.6 is 11.6 Å². The Morgan fingerprint density at radius 1 is 1.19 bits per heavy atom. The first-order chi connectivity index (χ1) is 17.3. The smallest absolute Gasteiger partial charge is 0.328 e. The number of imide groups is 1. The van der Waals surface area contributed by atoms with Crippen LogP contribution < -0.4 is 0 Å². The third-order valence-electron chi connectivity index (χ3n) is 7.53. The number of aromatic nitrogens is 1. The molecule has 3 amide bonds. The number of phenols is 1. The second kappa shape index (κ2) is 9.42. The van der Waals surface area contributed by atoms with Crippen LogP contribution in [0.1, 0.15) is 43.1 Å². The molecule has 1 aromatic heterocycles. The fourth-order valence-corrected chi connectivity index (χ4v) is 5.92. The molecule has 2 aliphatic rings. The van der Waals surface area contributed by atoms with E-state index in [0.717, 1.165) is 34.3 Å². The van der Waals surface area contributed by atoms with Gasteiger partial charge in [-0.25, -0.2) is 4.79 Å². The number of urea groups is 1. The zero-order valence-electron chi connectivity index (χ0n) is 20.5. The summed E-state index contributed by atoms with van der Waals surface area (Å²) in [6.07, 6.45) is 0.987. The number of phenolic OH excluding ortho intramolecular Hbond substituents is 1. The van der Waals surface area contributed by atoms with Gasteiger partial charge in [0.1, 0.15) is 17.3 Å². The molecule has 2 aliphatic heterocycles. The number of amides is 3. The van der Waals surface area contributed by atoms with Gasteiger partial charge in [0.25, 0.3) is 5.91 Å². The van der Waals surface area contributed by atoms with Gasteiger partial charge in [-0.15, -0.1) is 0 Å². The molecule has 3 N–H and O–H groups in total. The SMILES string of the molecule is CCN(CCO)CCCN1C(=O)N2[C@H](c3cccc(O)c3)c3[nH]c4ccc(Cl)cc4c3C[C@@]2(C)C1=O. The predicted octanol–water partition coefficient (Wildman–Crippen LogP) is 3.90. The van der Waals surface area contributed by atoms with Crippen LogP contribution in [0.3, 0.4) is 0 Å². The molecule has 1 fully saturated rings. The predicted molar refractivity (Wildman–Crippen MR) is 138 cm³/mol. The first kappa shape index (κ1) is 24.6. The Labute approximate surface area is 215 Å². The zero-order valence-corrected chi connectivity index (χ0v) is 21.3. The minimum absolute atomic E-state index is 0.0720. The van der Waals surface area contributed by atoms with E-state index in [1.807, 2.05) is 38.1 Å². The van der Waals surface area contributed by atoms with Crippen molar-refractivity contribution in [3.8, 4) is 5.75 Å². The highest BCUT2D eigenvalue weighted by Crippen LogP contribution is 2.49. The Bertz CT molecular complexity index is 1320. The number of likely N-dealkylation sites (N-methyl/N-ethyl adjacent to an activating group) is 1. The zero-order chi connectivity index (χ0) is 25.6. The number of aromatic amines is 1. The average molecular weight is 511 g/mol. The summed E-state index contributed by atoms with van der Waals surface area (Å²) in [5.74, 6) is -0.122. The van der Waals surface area contributed by atoms with Crippen LogP contribution in [0, 0.1) is 0 Å². The van der Waals surface area contributed by atoms with E-state index in [4.69, 9.17) is 11.6 Å². The Balaban J connectivity index is 1.56. The summed E-state index contributed by atoms with van der Waals surface area (Å²) < 4.78 is 0. The Hall–Kier alpha value is -3.07. The fourth-order valence-electron chi connectivity index (χ4n) is 5.75. The molecule has 1 saturated heterocycles. The molecule has 0 saturated carbocycles. The minimum atomic E-state index is -1.08. The lowest BCUT2D eigenvalue weighted by Crippen LogP contribution is -2.53. The average Bonchev–Trinajstić information content (AvgIpc) is 3.29. The van der Waals surface area contributed by atoms with Gasteiger partial charge in [0, 0.05) is 41.1 Å². The summed E-state index contributed by atoms with van der Waals surface area (Å²) in [6, 6.07) is 11.6. The third-order valence-corrected chi connectivity index (χ3v) is 7.77. The van der Waals surface area contributed by atoms with Gasteiger partial charge in [-0.2, -0.15) is 0 Å². The number of fused-ring (bicyclic) bond motifs is 4. The number of aliphatic hydroxyl groups excluding tert-OH is 1. The number of nitrogens with one attached hydrogen (secondary N) is 1. The molecule has 3 heterocycles. The summed E-state index contributed by atoms with van der Waals surface area (Å²) in [5, 5.41) is 21.0. The van der Waals surface area contributed by atoms with Gasteiger partial charge < -0.3 is 20.1 Å². The second-order valence-corrected chi connectivity index (χ2v) is 10.2. The summed E-state index contributed by atoms with van der Waals surface area (Å²) in [4.78, 5) is 36.3. The lowest BCUT2D eigenvalue weighted by atomic mass is 9.81. The molecule has 9 heteroatoms. The van der Waals surface area contributed by atoms with Crippen molar-refractivity contribution >= 4 is 34.4 Å². The first-order valence-corrected chi connectivity index (χ1v) is 12.7. The van der Waals surface area contributed by atoms with Crippen LogP contribution in [0.15, 0.2) is 42.5 Å². The lowest BCUT2D eigenvalue weighted by molar-refractivity contribution is -0.133. The van der Waals surface area contributed by atoms with Crippen LogP contribution in [0.4, 0.5) is 4.79 Å². The monoisotopic (exact) mass is 510 g/mol. The standard InChI is InChI=1S/C27H31ClN4O4/c1-3-30(12-13-33)10-5-11-31-25(35)27(2)16-21-20-15-18(28)8-9-22(20)29-23(21)24(32(27)26(31)36)17-6-4-7-19(34)14-17/h4,6-9,14-15,24,29,33-34H,3,5,10-13,16H2,1-2H3/t24-,27+/m1/s1. The van der Waals surface area contributed by atoms with Gasteiger partial charge in [0.15, 0.2) is 0 Å². The topological polar surface area (TPSA) is 100 Å². The number of carbonyl (C=O) groups excluding carboxylic acids is 2. The van der Waals surface area contributed by atoms with Crippen molar-refractivity contribution in [2.75, 3.05) is 32.8 Å². The Morgan fingerprint density at radius 3 is 2.72 bits per heavy atom. The molecular weight excluding hydrogens is 480 g/mol. The van der Waals surface area contributed by atoms with Gasteiger partial charge in [0.2, 0.25) is 0 Å². The van der Waals surface area contributed by atoms with Crippen molar-refractivity contribution in [2.24, 2.45) is 0 Å². The van der Waals surface area contributed by atoms with Gasteiger partial charge >= 0.3 is 6.03 Å². The van der Waals surface area contributed by atoms with E-state index < -0.39 is 11.6 Å². The van der Waals surface area contributed by atoms with Crippen molar-refractivity contribution in [2.45, 2.75) is 38.3 Å². The van der Waals surface area contributed by atoms with Crippen molar-refractivity contribution in [1.29, 1.82) is 0 Å². The van der Waals surface area contributed by atoms with E-state index in [-0.39, 0.29) is 24.3 Å². The highest BCUT2D eigenvalue weighted by Gasteiger charge is 2.60. The highest BCUT2D eigenvalue weighted by molar-refractivity contribution is 6.31. The molecule has 3 aromatic rings. The van der Waals surface area contributed by atoms with Crippen molar-refractivity contribution < 1.29 is 19.8 Å². The molecule has 0 spiro atoms. The number of hydrogen-bond acceptors (Lipinski definition) is 5. The second-order valence-electron chi connectivity index (χ2n) is 9.78. The van der Waals surface area contributed by atoms with E-state index in [1.165, 1.54) is 4.90 Å². The summed E-state index contributed by atoms with van der Waals surface area (Å²) in [5.41, 5.74) is 2.33. The molecule has 0 aliphatic carbocycles. The Kier molecular flexibility index (Phi) is 6.44. The van der Waals surface area contributed by atoms with Crippen molar-refractivity contribution in [1.82, 2.24) is 19.7 Å². The molecule has 0 unspecified atom stereocenters. The van der Waals surface area contributed by atoms with E-state index >= 15 is 0 Å². The lowest BCUT2D eigenvalue weighted by Gasteiger charge is -2.42. The van der Waals surface area contributed by atoms with Crippen LogP contribution in [0.5, 0.6) is 5.75 Å². The van der Waals surface area contributed by atoms with E-state index in [1.54, 1.807) is 23.1 Å². The van der Waals surface area contributed by atoms with E-state index in [0.29, 0.717) is 37.5 Å². The quantitative estimate of drug-likeness (QED) is 0.399. The van der Waals surface area contributed by atoms with Crippen LogP contribution in [0.2, 0.25) is 5.02 Å². The maximum Gasteiger partial charge on any atom is 0.328 e. The van der Waals surface area contributed by atoms with Crippen molar-refractivity contribution in [3.05, 3.63) is 64.3 Å². The third kappa shape index (κ3) is 3.93. The maximum absolute atomic E-state index is 13.9. The molecule has 36 heavy (non-hydrogen) atoms. The molecule has 8 nitrogen and oxygen atoms in total. The minimum Gasteiger partial charge on any atom is -0.508 e. The summed E-state index contributed by atoms with van der Waals surface area (Å²) in [6.45, 7) is 6.26. The van der Waals surface area contributed by atoms with Gasteiger partial charge in [-0.1, -0.05) is 30.7 Å². The maximum atomic E-state index is 13.9. The van der Waals surface area contributed by atoms with Crippen LogP contribution in [-0.2, 0) is 11.2 Å². The van der Waals surface area contributed by atoms with Crippen LogP contribution in [-0.4, -0.2) is 80.2 Å². The summed E-state index contributed by atoms with van der Waals surface area (Å²) in [7, 11) is 0. The molecular formula is C27H31ClN4O4. The normalized spacial score (nSPS) is 21.5. The first-order valence-electron chi connectivity index (χ1n) is 12.4. The molecule has 2 atom stereocenters. The molecule has 0 radical (unpaired) electrons. The number of nitrogens with zero attached hydrogens (tertiary/aromatic N) is 3. The number of aromatic hydroxyl groups is 1. The van der Waals surface area contributed by atoms with Gasteiger partial charge in [-0.05, 0) is 67.9 Å². The number of rotatable bonds is 8.